The summed E-state index contributed by atoms with van der Waals surface area (Å²) >= 11 is 0. The number of nitrogens with zero attached hydrogens (tertiary/aromatic N) is 2. The number of nitrogens with two attached hydrogens (primary N) is 1. The number of rotatable bonds is 13. The number of H-pyrrole nitrogens is 1. The summed E-state index contributed by atoms with van der Waals surface area (Å²) in [4.78, 5) is 35.7. The lowest BCUT2D eigenvalue weighted by Crippen LogP contribution is -2.63. The van der Waals surface area contributed by atoms with Gasteiger partial charge in [0.1, 0.15) is 11.6 Å². The van der Waals surface area contributed by atoms with E-state index in [1.54, 1.807) is 19.6 Å². The maximum Gasteiger partial charge on any atom is 0.226 e. The number of carbonyl (C=O) groups excluding carboxylic acids is 2. The van der Waals surface area contributed by atoms with Crippen LogP contribution in [-0.2, 0) is 27.8 Å². The molecular formula is C30H37FN4O3. The average Bonchev–Trinajstić information content (AvgIpc) is 3.41. The fourth-order valence-corrected chi connectivity index (χ4v) is 5.57. The van der Waals surface area contributed by atoms with Crippen LogP contribution in [0.5, 0.6) is 5.75 Å². The van der Waals surface area contributed by atoms with E-state index in [-0.39, 0.29) is 17.1 Å². The van der Waals surface area contributed by atoms with Gasteiger partial charge in [-0.05, 0) is 48.2 Å². The van der Waals surface area contributed by atoms with Crippen LogP contribution in [0.4, 0.5) is 4.39 Å². The first-order valence-corrected chi connectivity index (χ1v) is 13.3. The minimum absolute atomic E-state index is 0.0858. The molecule has 1 saturated heterocycles. The van der Waals surface area contributed by atoms with Gasteiger partial charge in [0, 0.05) is 36.8 Å². The first-order valence-electron chi connectivity index (χ1n) is 13.3. The smallest absolute Gasteiger partial charge is 0.226 e. The molecular weight excluding hydrogens is 483 g/mol. The number of nitrogens with one attached hydrogen (secondary N) is 1. The maximum atomic E-state index is 14.0. The van der Waals surface area contributed by atoms with E-state index < -0.39 is 17.7 Å². The zero-order valence-electron chi connectivity index (χ0n) is 22.2. The zero-order chi connectivity index (χ0) is 27.1. The Balaban J connectivity index is 1.59. The van der Waals surface area contributed by atoms with Gasteiger partial charge in [0.15, 0.2) is 0 Å². The summed E-state index contributed by atoms with van der Waals surface area (Å²) in [5.74, 6) is -1.49. The molecule has 1 aromatic heterocycles. The van der Waals surface area contributed by atoms with Gasteiger partial charge in [0.05, 0.1) is 25.3 Å². The third-order valence-electron chi connectivity index (χ3n) is 7.79. The molecule has 2 atom stereocenters. The standard InChI is InChI=1S/C30H37FN4O3/c1-3-4-5-14-30(22-8-10-23(31)11-9-22)18-35(19-30)29(37)27(15-21-6-12-25(38-2)13-7-21)26(28(32)36)16-24-17-33-20-34-24/h6-13,17,20,26-27H,3-5,14-16,18-19H2,1-2H3,(H2,32,36)(H,33,34)/t26?,27-/m1/s1. The van der Waals surface area contributed by atoms with Crippen molar-refractivity contribution in [2.45, 2.75) is 50.9 Å². The molecule has 0 aliphatic carbocycles. The third-order valence-corrected chi connectivity index (χ3v) is 7.79. The predicted octanol–water partition coefficient (Wildman–Crippen LogP) is 4.42. The normalized spacial score (nSPS) is 15.9. The van der Waals surface area contributed by atoms with Gasteiger partial charge in [-0.1, -0.05) is 50.5 Å². The number of primary amides is 1. The van der Waals surface area contributed by atoms with Crippen molar-refractivity contribution >= 4 is 11.8 Å². The Labute approximate surface area is 223 Å². The Morgan fingerprint density at radius 3 is 2.37 bits per heavy atom. The Morgan fingerprint density at radius 1 is 1.08 bits per heavy atom. The number of ether oxygens (including phenoxy) is 1. The van der Waals surface area contributed by atoms with E-state index in [0.29, 0.717) is 25.9 Å². The molecule has 1 fully saturated rings. The molecule has 38 heavy (non-hydrogen) atoms. The van der Waals surface area contributed by atoms with Gasteiger partial charge in [-0.25, -0.2) is 9.37 Å². The number of aromatic amines is 1. The molecule has 8 heteroatoms. The van der Waals surface area contributed by atoms with Crippen molar-refractivity contribution in [3.05, 3.63) is 83.7 Å². The molecule has 1 unspecified atom stereocenters. The van der Waals surface area contributed by atoms with Crippen molar-refractivity contribution in [1.82, 2.24) is 14.9 Å². The summed E-state index contributed by atoms with van der Waals surface area (Å²) < 4.78 is 18.9. The molecule has 202 valence electrons. The van der Waals surface area contributed by atoms with Crippen LogP contribution in [0, 0.1) is 17.7 Å². The summed E-state index contributed by atoms with van der Waals surface area (Å²) in [6.45, 7) is 3.24. The van der Waals surface area contributed by atoms with E-state index in [1.165, 1.54) is 12.1 Å². The molecule has 2 aromatic carbocycles. The monoisotopic (exact) mass is 520 g/mol. The molecule has 3 aromatic rings. The lowest BCUT2D eigenvalue weighted by atomic mass is 9.69. The minimum atomic E-state index is -0.703. The van der Waals surface area contributed by atoms with E-state index in [4.69, 9.17) is 10.5 Å². The highest BCUT2D eigenvalue weighted by Gasteiger charge is 2.48. The second-order valence-corrected chi connectivity index (χ2v) is 10.4. The third kappa shape index (κ3) is 6.23. The van der Waals surface area contributed by atoms with Crippen LogP contribution in [0.3, 0.4) is 0 Å². The largest absolute Gasteiger partial charge is 0.497 e. The quantitative estimate of drug-likeness (QED) is 0.326. The Kier molecular flexibility index (Phi) is 8.81. The van der Waals surface area contributed by atoms with E-state index in [9.17, 15) is 14.0 Å². The first kappa shape index (κ1) is 27.4. The fraction of sp³-hybridized carbons (Fsp3) is 0.433. The molecule has 2 amide bonds. The predicted molar refractivity (Wildman–Crippen MR) is 144 cm³/mol. The van der Waals surface area contributed by atoms with Gasteiger partial charge in [-0.2, -0.15) is 0 Å². The molecule has 0 radical (unpaired) electrons. The number of imidazole rings is 1. The van der Waals surface area contributed by atoms with Crippen LogP contribution < -0.4 is 10.5 Å². The number of benzene rings is 2. The van der Waals surface area contributed by atoms with E-state index in [1.807, 2.05) is 41.3 Å². The highest BCUT2D eigenvalue weighted by molar-refractivity contribution is 5.88. The number of halogens is 1. The highest BCUT2D eigenvalue weighted by atomic mass is 19.1. The minimum Gasteiger partial charge on any atom is -0.497 e. The first-order chi connectivity index (χ1) is 18.3. The van der Waals surface area contributed by atoms with Crippen molar-refractivity contribution in [2.75, 3.05) is 20.2 Å². The van der Waals surface area contributed by atoms with Crippen molar-refractivity contribution < 1.29 is 18.7 Å². The Hall–Kier alpha value is -3.68. The van der Waals surface area contributed by atoms with Crippen LogP contribution in [0.25, 0.3) is 0 Å². The molecule has 0 bridgehead atoms. The Morgan fingerprint density at radius 2 is 1.79 bits per heavy atom. The molecule has 2 heterocycles. The number of aromatic nitrogens is 2. The molecule has 0 spiro atoms. The molecule has 1 aliphatic heterocycles. The number of carbonyl (C=O) groups is 2. The fourth-order valence-electron chi connectivity index (χ4n) is 5.57. The summed E-state index contributed by atoms with van der Waals surface area (Å²) in [6.07, 6.45) is 8.04. The summed E-state index contributed by atoms with van der Waals surface area (Å²) in [7, 11) is 1.60. The lowest BCUT2D eigenvalue weighted by Gasteiger charge is -2.52. The number of hydrogen-bond acceptors (Lipinski definition) is 4. The number of amides is 2. The number of methoxy groups -OCH3 is 1. The van der Waals surface area contributed by atoms with Crippen LogP contribution in [0.2, 0.25) is 0 Å². The SMILES string of the molecule is CCCCCC1(c2ccc(F)cc2)CN(C(=O)[C@H](Cc2ccc(OC)cc2)C(Cc2cnc[nH]2)C(N)=O)C1. The Bertz CT molecular complexity index is 1190. The summed E-state index contributed by atoms with van der Waals surface area (Å²) in [6, 6.07) is 14.2. The van der Waals surface area contributed by atoms with E-state index in [2.05, 4.69) is 16.9 Å². The second kappa shape index (κ2) is 12.2. The van der Waals surface area contributed by atoms with Gasteiger partial charge in [0.25, 0.3) is 0 Å². The topological polar surface area (TPSA) is 101 Å². The van der Waals surface area contributed by atoms with Crippen molar-refractivity contribution in [1.29, 1.82) is 0 Å². The highest BCUT2D eigenvalue weighted by Crippen LogP contribution is 2.41. The van der Waals surface area contributed by atoms with Crippen molar-refractivity contribution in [3.63, 3.8) is 0 Å². The van der Waals surface area contributed by atoms with Crippen molar-refractivity contribution in [3.8, 4) is 5.75 Å². The zero-order valence-corrected chi connectivity index (χ0v) is 22.2. The molecule has 7 nitrogen and oxygen atoms in total. The van der Waals surface area contributed by atoms with Crippen LogP contribution in [-0.4, -0.2) is 46.9 Å². The molecule has 1 aliphatic rings. The number of hydrogen-bond donors (Lipinski definition) is 2. The van der Waals surface area contributed by atoms with Gasteiger partial charge < -0.3 is 20.4 Å². The van der Waals surface area contributed by atoms with Gasteiger partial charge in [0.2, 0.25) is 11.8 Å². The van der Waals surface area contributed by atoms with Crippen molar-refractivity contribution in [2.24, 2.45) is 17.6 Å². The molecule has 0 saturated carbocycles. The van der Waals surface area contributed by atoms with E-state index >= 15 is 0 Å². The average molecular weight is 521 g/mol. The second-order valence-electron chi connectivity index (χ2n) is 10.4. The molecule has 3 N–H and O–H groups in total. The summed E-state index contributed by atoms with van der Waals surface area (Å²) in [5.41, 5.74) is 8.41. The molecule has 4 rings (SSSR count). The van der Waals surface area contributed by atoms with Crippen LogP contribution >= 0.6 is 0 Å². The van der Waals surface area contributed by atoms with Gasteiger partial charge in [-0.15, -0.1) is 0 Å². The van der Waals surface area contributed by atoms with Gasteiger partial charge in [-0.3, -0.25) is 9.59 Å². The van der Waals surface area contributed by atoms with Crippen LogP contribution in [0.1, 0.15) is 49.4 Å². The van der Waals surface area contributed by atoms with Gasteiger partial charge >= 0.3 is 0 Å². The summed E-state index contributed by atoms with van der Waals surface area (Å²) in [5, 5.41) is 0. The lowest BCUT2D eigenvalue weighted by molar-refractivity contribution is -0.148. The van der Waals surface area contributed by atoms with Crippen LogP contribution in [0.15, 0.2) is 61.1 Å². The maximum absolute atomic E-state index is 14.0. The number of unbranched alkanes of at least 4 members (excludes halogenated alkanes) is 2. The number of likely N-dealkylation sites (tertiary alicyclic amines) is 1. The van der Waals surface area contributed by atoms with E-state index in [0.717, 1.165) is 48.3 Å².